The molecule has 4 aromatic heterocycles. The predicted molar refractivity (Wildman–Crippen MR) is 453 cm³/mol. The van der Waals surface area contributed by atoms with Gasteiger partial charge in [-0.3, -0.25) is 9.97 Å². The highest BCUT2D eigenvalue weighted by Gasteiger charge is 2.38. The Morgan fingerprint density at radius 2 is 0.617 bits per heavy atom. The van der Waals surface area contributed by atoms with Crippen LogP contribution in [-0.2, 0) is 10.8 Å². The van der Waals surface area contributed by atoms with Crippen molar-refractivity contribution in [3.63, 3.8) is 0 Å². The number of aromatic nitrogens is 4. The Hall–Kier alpha value is -12.9. The van der Waals surface area contributed by atoms with E-state index in [-0.39, 0.29) is 10.8 Å². The first-order valence-corrected chi connectivity index (χ1v) is 37.4. The molecule has 2 aliphatic rings. The van der Waals surface area contributed by atoms with Crippen LogP contribution in [-0.4, -0.2) is 19.1 Å². The molecular formula is C100H75BrN6. The zero-order chi connectivity index (χ0) is 72.2. The maximum Gasteiger partial charge on any atom is 0.0541 e. The van der Waals surface area contributed by atoms with Gasteiger partial charge in [-0.15, -0.1) is 0 Å². The molecule has 512 valence electrons. The first kappa shape index (κ1) is 66.0. The van der Waals surface area contributed by atoms with Crippen LogP contribution in [0.25, 0.3) is 122 Å². The number of pyridine rings is 2. The van der Waals surface area contributed by atoms with Crippen molar-refractivity contribution in [1.82, 2.24) is 19.1 Å². The zero-order valence-corrected chi connectivity index (χ0v) is 61.5. The first-order valence-electron chi connectivity index (χ1n) is 36.6. The van der Waals surface area contributed by atoms with E-state index in [4.69, 9.17) is 0 Å². The first-order chi connectivity index (χ1) is 52.5. The minimum absolute atomic E-state index is 0.0246. The summed E-state index contributed by atoms with van der Waals surface area (Å²) < 4.78 is 5.96. The molecule has 14 aromatic carbocycles. The van der Waals surface area contributed by atoms with E-state index in [0.717, 1.165) is 49.6 Å². The van der Waals surface area contributed by atoms with Crippen molar-refractivity contribution in [2.45, 2.75) is 38.5 Å². The summed E-state index contributed by atoms with van der Waals surface area (Å²) >= 11 is 3.66. The van der Waals surface area contributed by atoms with Gasteiger partial charge < -0.3 is 19.4 Å². The molecule has 2 aliphatic carbocycles. The Bertz CT molecular complexity index is 6030. The number of rotatable bonds is 11. The molecule has 0 saturated heterocycles. The smallest absolute Gasteiger partial charge is 0.0541 e. The third-order valence-corrected chi connectivity index (χ3v) is 22.2. The summed E-state index contributed by atoms with van der Waals surface area (Å²) in [7, 11) is 0. The Morgan fingerprint density at radius 1 is 0.280 bits per heavy atom. The van der Waals surface area contributed by atoms with Crippen LogP contribution in [0.4, 0.5) is 28.4 Å². The predicted octanol–water partition coefficient (Wildman–Crippen LogP) is 27.3. The van der Waals surface area contributed by atoms with Gasteiger partial charge in [0.25, 0.3) is 0 Å². The van der Waals surface area contributed by atoms with E-state index < -0.39 is 0 Å². The van der Waals surface area contributed by atoms with E-state index in [2.05, 4.69) is 413 Å². The maximum absolute atomic E-state index is 4.21. The van der Waals surface area contributed by atoms with E-state index in [1.165, 1.54) is 127 Å². The molecule has 107 heavy (non-hydrogen) atoms. The van der Waals surface area contributed by atoms with Crippen molar-refractivity contribution in [2.75, 3.05) is 10.2 Å². The summed E-state index contributed by atoms with van der Waals surface area (Å²) in [5.74, 6) is 0. The molecular weight excluding hydrogens is 1370 g/mol. The number of para-hydroxylation sites is 4. The van der Waals surface area contributed by atoms with Gasteiger partial charge in [0.2, 0.25) is 0 Å². The highest BCUT2D eigenvalue weighted by Crippen LogP contribution is 2.53. The fraction of sp³-hybridized carbons (Fsp3) is 0.0600. The minimum atomic E-state index is -0.205. The monoisotopic (exact) mass is 1440 g/mol. The van der Waals surface area contributed by atoms with Crippen LogP contribution in [0.1, 0.15) is 49.9 Å². The summed E-state index contributed by atoms with van der Waals surface area (Å²) in [6.07, 6.45) is 7.36. The number of anilines is 5. The molecule has 0 aliphatic heterocycles. The van der Waals surface area contributed by atoms with Crippen molar-refractivity contribution in [2.24, 2.45) is 0 Å². The Labute approximate surface area is 633 Å². The lowest BCUT2D eigenvalue weighted by Crippen LogP contribution is -2.17. The topological polar surface area (TPSA) is 50.9 Å². The third kappa shape index (κ3) is 12.2. The van der Waals surface area contributed by atoms with Crippen molar-refractivity contribution in [3.05, 3.63) is 403 Å². The van der Waals surface area contributed by atoms with E-state index in [0.29, 0.717) is 0 Å². The lowest BCUT2D eigenvalue weighted by atomic mass is 9.82. The summed E-state index contributed by atoms with van der Waals surface area (Å²) in [5.41, 5.74) is 32.9. The van der Waals surface area contributed by atoms with E-state index in [1.54, 1.807) is 6.20 Å². The van der Waals surface area contributed by atoms with Gasteiger partial charge >= 0.3 is 0 Å². The Balaban J connectivity index is 0.000000126. The molecule has 4 heterocycles. The number of nitrogens with one attached hydrogen (secondary N) is 1. The molecule has 20 rings (SSSR count). The van der Waals surface area contributed by atoms with Gasteiger partial charge in [0.15, 0.2) is 0 Å². The SMILES string of the molecule is CC1(C)c2cc(Br)ccc2-c2ccc(-n3c4ccccc4c4ccccc43)cc21.CC1(C)c2cc(N(c3ccc(-c4ccccc4)cc3)c3ccc(-c4ccncc4)cc3)ccc2-c2ccc(-n3c4ccccc4c4ccccc43)cc21.c1ccc(-c2ccc(Nc3ccc(-c4cccnc4)cc3)cc2)cc1. The molecule has 6 nitrogen and oxygen atoms in total. The third-order valence-electron chi connectivity index (χ3n) is 21.7. The number of hydrogen-bond donors (Lipinski definition) is 1. The number of halogens is 1. The Morgan fingerprint density at radius 3 is 1.05 bits per heavy atom. The van der Waals surface area contributed by atoms with Crippen molar-refractivity contribution < 1.29 is 0 Å². The second-order valence-corrected chi connectivity index (χ2v) is 29.7. The summed E-state index contributed by atoms with van der Waals surface area (Å²) in [4.78, 5) is 10.8. The summed E-state index contributed by atoms with van der Waals surface area (Å²) in [5, 5.41) is 8.61. The zero-order valence-electron chi connectivity index (χ0n) is 59.9. The average molecular weight is 1440 g/mol. The number of nitrogens with zero attached hydrogens (tertiary/aromatic N) is 5. The normalized spacial score (nSPS) is 12.7. The van der Waals surface area contributed by atoms with Gasteiger partial charge in [-0.05, 0) is 229 Å². The molecule has 18 aromatic rings. The van der Waals surface area contributed by atoms with Crippen molar-refractivity contribution in [1.29, 1.82) is 0 Å². The standard InChI is InChI=1S/C50H37N3.C27H20BrN.C23H18N2/c1-50(2)46-32-40(24-26-42(46)43-27-25-41(33-47(43)50)53-48-14-8-6-12-44(48)45-13-7-9-15-49(45)53)52(38-20-16-35(17-21-38)34-10-4-3-5-11-34)39-22-18-36(19-23-39)37-28-30-51-31-29-37;1-27(2)23-15-17(28)11-13-19(23)20-14-12-18(16-24(20)27)29-25-9-5-3-7-21(25)22-8-4-6-10-26(22)29;1-2-5-18(6-3-1)19-8-12-22(13-9-19)25-23-14-10-20(11-15-23)21-7-4-16-24-17-21/h3-33H,1-2H3;3-16H,1-2H3;1-17,25H. The lowest BCUT2D eigenvalue weighted by Gasteiger charge is -2.28. The highest BCUT2D eigenvalue weighted by atomic mass is 79.9. The van der Waals surface area contributed by atoms with Crippen LogP contribution in [0.2, 0.25) is 0 Å². The van der Waals surface area contributed by atoms with Gasteiger partial charge in [-0.1, -0.05) is 256 Å². The van der Waals surface area contributed by atoms with Crippen LogP contribution in [0.5, 0.6) is 0 Å². The molecule has 0 unspecified atom stereocenters. The van der Waals surface area contributed by atoms with Gasteiger partial charge in [0.05, 0.1) is 22.1 Å². The van der Waals surface area contributed by atoms with Gasteiger partial charge in [-0.25, -0.2) is 0 Å². The van der Waals surface area contributed by atoms with Crippen LogP contribution in [0.3, 0.4) is 0 Å². The summed E-state index contributed by atoms with van der Waals surface area (Å²) in [6.45, 7) is 9.42. The van der Waals surface area contributed by atoms with Crippen molar-refractivity contribution >= 4 is 88.0 Å². The van der Waals surface area contributed by atoms with E-state index >= 15 is 0 Å². The van der Waals surface area contributed by atoms with Crippen LogP contribution in [0.15, 0.2) is 381 Å². The molecule has 0 atom stereocenters. The molecule has 0 saturated carbocycles. The van der Waals surface area contributed by atoms with E-state index in [1.807, 2.05) is 30.7 Å². The number of benzene rings is 14. The molecule has 0 fully saturated rings. The molecule has 7 heteroatoms. The van der Waals surface area contributed by atoms with E-state index in [9.17, 15) is 0 Å². The molecule has 0 bridgehead atoms. The second-order valence-electron chi connectivity index (χ2n) is 28.8. The van der Waals surface area contributed by atoms with Gasteiger partial charge in [0.1, 0.15) is 0 Å². The maximum atomic E-state index is 4.21. The van der Waals surface area contributed by atoms with Gasteiger partial charge in [-0.2, -0.15) is 0 Å². The molecule has 0 spiro atoms. The van der Waals surface area contributed by atoms with Crippen molar-refractivity contribution in [3.8, 4) is 78.1 Å². The lowest BCUT2D eigenvalue weighted by molar-refractivity contribution is 0.659. The highest BCUT2D eigenvalue weighted by molar-refractivity contribution is 9.10. The fourth-order valence-corrected chi connectivity index (χ4v) is 16.6. The van der Waals surface area contributed by atoms with Crippen LogP contribution < -0.4 is 10.2 Å². The quantitative estimate of drug-likeness (QED) is 0.140. The van der Waals surface area contributed by atoms with Crippen LogP contribution >= 0.6 is 15.9 Å². The van der Waals surface area contributed by atoms with Crippen LogP contribution in [0, 0.1) is 0 Å². The minimum Gasteiger partial charge on any atom is -0.356 e. The number of fused-ring (bicyclic) bond motifs is 12. The Kier molecular flexibility index (Phi) is 17.0. The largest absolute Gasteiger partial charge is 0.356 e. The number of hydrogen-bond acceptors (Lipinski definition) is 4. The van der Waals surface area contributed by atoms with Gasteiger partial charge in [0, 0.05) is 101 Å². The molecule has 0 amide bonds. The second kappa shape index (κ2) is 27.6. The average Bonchev–Trinajstić information content (AvgIpc) is 1.58. The summed E-state index contributed by atoms with van der Waals surface area (Å²) in [6, 6.07) is 126. The molecule has 1 N–H and O–H groups in total. The molecule has 0 radical (unpaired) electrons. The fourth-order valence-electron chi connectivity index (χ4n) is 16.3.